The molecule has 3 rings (SSSR count). The van der Waals surface area contributed by atoms with Gasteiger partial charge in [0.25, 0.3) is 5.56 Å². The second-order valence-electron chi connectivity index (χ2n) is 5.68. The summed E-state index contributed by atoms with van der Waals surface area (Å²) in [5.41, 5.74) is 3.70. The molecular weight excluding hydrogens is 326 g/mol. The highest BCUT2D eigenvalue weighted by Crippen LogP contribution is 2.23. The summed E-state index contributed by atoms with van der Waals surface area (Å²) in [4.78, 5) is 33.8. The summed E-state index contributed by atoms with van der Waals surface area (Å²) in [5.74, 6) is -0.145. The van der Waals surface area contributed by atoms with E-state index < -0.39 is 0 Å². The smallest absolute Gasteiger partial charge is 0.266 e. The van der Waals surface area contributed by atoms with Gasteiger partial charge >= 0.3 is 0 Å². The van der Waals surface area contributed by atoms with Crippen molar-refractivity contribution in [1.82, 2.24) is 19.6 Å². The quantitative estimate of drug-likeness (QED) is 0.758. The Bertz CT molecular complexity index is 982. The average molecular weight is 345 g/mol. The van der Waals surface area contributed by atoms with Crippen molar-refractivity contribution in [2.24, 2.45) is 0 Å². The molecule has 0 aromatic carbocycles. The fraction of sp³-hybridized carbons (Fsp3) is 0.375. The molecule has 126 valence electrons. The van der Waals surface area contributed by atoms with E-state index in [4.69, 9.17) is 0 Å². The van der Waals surface area contributed by atoms with Gasteiger partial charge in [-0.2, -0.15) is 0 Å². The third-order valence-corrected chi connectivity index (χ3v) is 4.94. The van der Waals surface area contributed by atoms with E-state index in [1.165, 1.54) is 17.4 Å². The molecule has 0 saturated carbocycles. The van der Waals surface area contributed by atoms with E-state index in [2.05, 4.69) is 20.4 Å². The fourth-order valence-electron chi connectivity index (χ4n) is 2.74. The molecule has 3 aromatic rings. The minimum atomic E-state index is -0.211. The Hall–Kier alpha value is -2.48. The van der Waals surface area contributed by atoms with Gasteiger partial charge in [-0.1, -0.05) is 6.92 Å². The maximum absolute atomic E-state index is 12.4. The maximum Gasteiger partial charge on any atom is 0.266 e. The van der Waals surface area contributed by atoms with Gasteiger partial charge in [-0.3, -0.25) is 14.7 Å². The van der Waals surface area contributed by atoms with Gasteiger partial charge in [0.15, 0.2) is 10.8 Å². The summed E-state index contributed by atoms with van der Waals surface area (Å²) < 4.78 is 1.61. The van der Waals surface area contributed by atoms with Crippen LogP contribution in [0.25, 0.3) is 5.65 Å². The van der Waals surface area contributed by atoms with Gasteiger partial charge in [0.1, 0.15) is 0 Å². The predicted molar refractivity (Wildman–Crippen MR) is 93.8 cm³/mol. The Morgan fingerprint density at radius 1 is 1.33 bits per heavy atom. The van der Waals surface area contributed by atoms with Crippen LogP contribution in [0.5, 0.6) is 0 Å². The lowest BCUT2D eigenvalue weighted by Gasteiger charge is -2.11. The van der Waals surface area contributed by atoms with Gasteiger partial charge < -0.3 is 5.32 Å². The van der Waals surface area contributed by atoms with E-state index in [0.717, 1.165) is 33.9 Å². The Labute approximate surface area is 142 Å². The van der Waals surface area contributed by atoms with E-state index >= 15 is 0 Å². The molecule has 0 spiro atoms. The highest BCUT2D eigenvalue weighted by Gasteiger charge is 2.15. The van der Waals surface area contributed by atoms with Gasteiger partial charge in [-0.15, -0.1) is 11.3 Å². The maximum atomic E-state index is 12.4. The number of hydrogen-bond acceptors (Lipinski definition) is 5. The lowest BCUT2D eigenvalue weighted by molar-refractivity contribution is -0.115. The average Bonchev–Trinajstić information content (AvgIpc) is 3.05. The molecule has 7 nitrogen and oxygen atoms in total. The SMILES string of the molecule is CCc1nc(NC(=O)Cc2c(C)nc3cc(=O)[nH]n3c2C)sc1C. The molecule has 0 unspecified atom stereocenters. The largest absolute Gasteiger partial charge is 0.302 e. The van der Waals surface area contributed by atoms with Crippen molar-refractivity contribution in [2.45, 2.75) is 40.5 Å². The fourth-order valence-corrected chi connectivity index (χ4v) is 3.66. The third kappa shape index (κ3) is 2.96. The Morgan fingerprint density at radius 3 is 2.75 bits per heavy atom. The first-order valence-electron chi connectivity index (χ1n) is 7.73. The van der Waals surface area contributed by atoms with Crippen LogP contribution in [0, 0.1) is 20.8 Å². The number of carbonyl (C=O) groups excluding carboxylic acids is 1. The number of nitrogens with one attached hydrogen (secondary N) is 2. The molecule has 0 aliphatic heterocycles. The van der Waals surface area contributed by atoms with Crippen LogP contribution >= 0.6 is 11.3 Å². The number of nitrogens with zero attached hydrogens (tertiary/aromatic N) is 3. The number of fused-ring (bicyclic) bond motifs is 1. The van der Waals surface area contributed by atoms with Crippen molar-refractivity contribution in [3.05, 3.63) is 43.9 Å². The number of anilines is 1. The van der Waals surface area contributed by atoms with E-state index in [1.807, 2.05) is 27.7 Å². The molecule has 3 aromatic heterocycles. The minimum Gasteiger partial charge on any atom is -0.302 e. The van der Waals surface area contributed by atoms with Crippen molar-refractivity contribution in [3.63, 3.8) is 0 Å². The number of aromatic nitrogens is 4. The second-order valence-corrected chi connectivity index (χ2v) is 6.88. The molecule has 8 heteroatoms. The first-order chi connectivity index (χ1) is 11.4. The van der Waals surface area contributed by atoms with Gasteiger partial charge in [-0.25, -0.2) is 14.5 Å². The zero-order valence-electron chi connectivity index (χ0n) is 14.1. The highest BCUT2D eigenvalue weighted by atomic mass is 32.1. The monoisotopic (exact) mass is 345 g/mol. The Balaban J connectivity index is 1.85. The molecule has 0 aliphatic carbocycles. The zero-order valence-corrected chi connectivity index (χ0v) is 14.9. The summed E-state index contributed by atoms with van der Waals surface area (Å²) in [6.07, 6.45) is 1.03. The molecule has 0 atom stereocenters. The molecule has 3 heterocycles. The summed E-state index contributed by atoms with van der Waals surface area (Å²) in [7, 11) is 0. The van der Waals surface area contributed by atoms with E-state index in [0.29, 0.717) is 10.8 Å². The lowest BCUT2D eigenvalue weighted by atomic mass is 10.1. The standard InChI is InChI=1S/C16H19N5O2S/c1-5-12-10(4)24-16(18-12)19-14(22)6-11-8(2)17-13-7-15(23)20-21(13)9(11)3/h7H,5-6H2,1-4H3,(H,20,23)(H,18,19,22). The number of thiazole rings is 1. The molecule has 1 amide bonds. The third-order valence-electron chi connectivity index (χ3n) is 4.01. The lowest BCUT2D eigenvalue weighted by Crippen LogP contribution is -2.17. The second kappa shape index (κ2) is 6.20. The van der Waals surface area contributed by atoms with Crippen LogP contribution in [0.4, 0.5) is 5.13 Å². The summed E-state index contributed by atoms with van der Waals surface area (Å²) in [6.45, 7) is 7.75. The molecule has 0 bridgehead atoms. The summed E-state index contributed by atoms with van der Waals surface area (Å²) >= 11 is 1.48. The van der Waals surface area contributed by atoms with Crippen molar-refractivity contribution >= 4 is 28.0 Å². The van der Waals surface area contributed by atoms with Crippen LogP contribution < -0.4 is 10.9 Å². The normalized spacial score (nSPS) is 11.2. The van der Waals surface area contributed by atoms with E-state index in [-0.39, 0.29) is 17.9 Å². The van der Waals surface area contributed by atoms with Crippen LogP contribution in [0.15, 0.2) is 10.9 Å². The van der Waals surface area contributed by atoms with E-state index in [9.17, 15) is 9.59 Å². The minimum absolute atomic E-state index is 0.145. The summed E-state index contributed by atoms with van der Waals surface area (Å²) in [5, 5.41) is 6.16. The van der Waals surface area contributed by atoms with Crippen LogP contribution in [0.2, 0.25) is 0 Å². The number of H-pyrrole nitrogens is 1. The van der Waals surface area contributed by atoms with Gasteiger partial charge in [0, 0.05) is 27.9 Å². The van der Waals surface area contributed by atoms with Crippen LogP contribution in [0.3, 0.4) is 0 Å². The van der Waals surface area contributed by atoms with E-state index in [1.54, 1.807) is 4.52 Å². The number of amides is 1. The van der Waals surface area contributed by atoms with Gasteiger partial charge in [0.05, 0.1) is 12.1 Å². The predicted octanol–water partition coefficient (Wildman–Crippen LogP) is 2.15. The molecule has 24 heavy (non-hydrogen) atoms. The number of carbonyl (C=O) groups is 1. The molecule has 0 aliphatic rings. The van der Waals surface area contributed by atoms with Crippen LogP contribution in [0.1, 0.15) is 34.4 Å². The van der Waals surface area contributed by atoms with Crippen molar-refractivity contribution in [1.29, 1.82) is 0 Å². The number of aromatic amines is 1. The number of rotatable bonds is 4. The first-order valence-corrected chi connectivity index (χ1v) is 8.54. The Morgan fingerprint density at radius 2 is 2.08 bits per heavy atom. The highest BCUT2D eigenvalue weighted by molar-refractivity contribution is 7.15. The molecule has 0 fully saturated rings. The molecule has 2 N–H and O–H groups in total. The summed E-state index contributed by atoms with van der Waals surface area (Å²) in [6, 6.07) is 1.44. The van der Waals surface area contributed by atoms with Crippen LogP contribution in [-0.4, -0.2) is 25.5 Å². The number of hydrogen-bond donors (Lipinski definition) is 2. The van der Waals surface area contributed by atoms with Crippen LogP contribution in [-0.2, 0) is 17.6 Å². The van der Waals surface area contributed by atoms with Crippen molar-refractivity contribution in [3.8, 4) is 0 Å². The zero-order chi connectivity index (χ0) is 17.4. The first kappa shape index (κ1) is 16.4. The van der Waals surface area contributed by atoms with Gasteiger partial charge in [0.2, 0.25) is 5.91 Å². The molecule has 0 radical (unpaired) electrons. The van der Waals surface area contributed by atoms with Crippen molar-refractivity contribution < 1.29 is 4.79 Å². The number of aryl methyl sites for hydroxylation is 4. The topological polar surface area (TPSA) is 92.2 Å². The van der Waals surface area contributed by atoms with Crippen molar-refractivity contribution in [2.75, 3.05) is 5.32 Å². The van der Waals surface area contributed by atoms with Gasteiger partial charge in [-0.05, 0) is 27.2 Å². The Kier molecular flexibility index (Phi) is 4.23. The molecular formula is C16H19N5O2S. The molecule has 0 saturated heterocycles.